The minimum Gasteiger partial charge on any atom is -0.465 e. The zero-order valence-corrected chi connectivity index (χ0v) is 10.7. The highest BCUT2D eigenvalue weighted by atomic mass is 35.5. The molecule has 0 saturated heterocycles. The van der Waals surface area contributed by atoms with Crippen molar-refractivity contribution >= 4 is 45.9 Å². The molecule has 0 saturated carbocycles. The van der Waals surface area contributed by atoms with E-state index >= 15 is 0 Å². The highest BCUT2D eigenvalue weighted by Crippen LogP contribution is 2.22. The van der Waals surface area contributed by atoms with Crippen molar-refractivity contribution in [1.29, 1.82) is 0 Å². The van der Waals surface area contributed by atoms with E-state index in [2.05, 4.69) is 20.4 Å². The molecule has 2 aromatic heterocycles. The van der Waals surface area contributed by atoms with E-state index < -0.39 is 0 Å². The van der Waals surface area contributed by atoms with Crippen molar-refractivity contribution in [3.63, 3.8) is 0 Å². The molecule has 2 heterocycles. The molecule has 0 radical (unpaired) electrons. The van der Waals surface area contributed by atoms with Crippen LogP contribution in [-0.4, -0.2) is 33.6 Å². The van der Waals surface area contributed by atoms with Crippen molar-refractivity contribution < 1.29 is 9.47 Å². The Balaban J connectivity index is 1.69. The first kappa shape index (κ1) is 11.8. The van der Waals surface area contributed by atoms with Gasteiger partial charge in [0.05, 0.1) is 0 Å². The maximum Gasteiger partial charge on any atom is 0.295 e. The van der Waals surface area contributed by atoms with Crippen molar-refractivity contribution in [2.75, 3.05) is 13.2 Å². The van der Waals surface area contributed by atoms with Gasteiger partial charge in [0.1, 0.15) is 13.2 Å². The van der Waals surface area contributed by atoms with Crippen LogP contribution in [-0.2, 0) is 0 Å². The van der Waals surface area contributed by atoms with Gasteiger partial charge in [-0.25, -0.2) is 0 Å². The van der Waals surface area contributed by atoms with Crippen LogP contribution in [0.25, 0.3) is 0 Å². The van der Waals surface area contributed by atoms with Gasteiger partial charge in [-0.3, -0.25) is 0 Å². The number of aromatic nitrogens is 4. The van der Waals surface area contributed by atoms with Gasteiger partial charge in [0.15, 0.2) is 0 Å². The minimum atomic E-state index is 0.322. The molecule has 0 aliphatic heterocycles. The summed E-state index contributed by atoms with van der Waals surface area (Å²) < 4.78 is 11.1. The highest BCUT2D eigenvalue weighted by molar-refractivity contribution is 7.17. The summed E-state index contributed by atoms with van der Waals surface area (Å²) in [6, 6.07) is 0. The maximum atomic E-state index is 5.57. The van der Waals surface area contributed by atoms with Crippen LogP contribution >= 0.6 is 45.9 Å². The number of nitrogens with zero attached hydrogens (tertiary/aromatic N) is 4. The molecule has 0 aliphatic rings. The van der Waals surface area contributed by atoms with E-state index in [0.29, 0.717) is 32.5 Å². The molecule has 10 heteroatoms. The fourth-order valence-corrected chi connectivity index (χ4v) is 2.13. The molecule has 0 aliphatic carbocycles. The van der Waals surface area contributed by atoms with E-state index in [1.165, 1.54) is 0 Å². The van der Waals surface area contributed by atoms with Crippen LogP contribution in [0.3, 0.4) is 0 Å². The summed E-state index contributed by atoms with van der Waals surface area (Å²) in [5, 5.41) is 15.3. The number of rotatable bonds is 5. The summed E-state index contributed by atoms with van der Waals surface area (Å²) in [4.78, 5) is 0. The fraction of sp³-hybridized carbons (Fsp3) is 0.333. The van der Waals surface area contributed by atoms with E-state index in [1.54, 1.807) is 0 Å². The summed E-state index contributed by atoms with van der Waals surface area (Å²) in [7, 11) is 0. The lowest BCUT2D eigenvalue weighted by Gasteiger charge is -2.01. The molecule has 2 aromatic rings. The summed E-state index contributed by atoms with van der Waals surface area (Å²) in [6.07, 6.45) is 0. The highest BCUT2D eigenvalue weighted by Gasteiger charge is 2.04. The smallest absolute Gasteiger partial charge is 0.295 e. The number of hydrogen-bond acceptors (Lipinski definition) is 8. The van der Waals surface area contributed by atoms with Crippen LogP contribution in [0.5, 0.6) is 10.4 Å². The Hall–Kier alpha value is -0.700. The van der Waals surface area contributed by atoms with Gasteiger partial charge in [-0.1, -0.05) is 10.2 Å². The lowest BCUT2D eigenvalue weighted by molar-refractivity contribution is 0.214. The SMILES string of the molecule is Clc1nnc(OCCOc2nnc(Cl)s2)s1. The van der Waals surface area contributed by atoms with Crippen molar-refractivity contribution in [1.82, 2.24) is 20.4 Å². The monoisotopic (exact) mass is 298 g/mol. The Kier molecular flexibility index (Phi) is 4.10. The van der Waals surface area contributed by atoms with Crippen LogP contribution in [0.1, 0.15) is 0 Å². The first-order valence-electron chi connectivity index (χ1n) is 3.97. The Labute approximate surface area is 108 Å². The topological polar surface area (TPSA) is 70.0 Å². The second-order valence-electron chi connectivity index (χ2n) is 2.34. The molecule has 0 N–H and O–H groups in total. The zero-order chi connectivity index (χ0) is 11.4. The Morgan fingerprint density at radius 2 is 1.25 bits per heavy atom. The van der Waals surface area contributed by atoms with E-state index in [0.717, 1.165) is 22.7 Å². The number of hydrogen-bond donors (Lipinski definition) is 0. The second kappa shape index (κ2) is 5.58. The van der Waals surface area contributed by atoms with Crippen LogP contribution in [0.2, 0.25) is 8.93 Å². The lowest BCUT2D eigenvalue weighted by Crippen LogP contribution is -2.08. The Morgan fingerprint density at radius 1 is 0.812 bits per heavy atom. The Bertz CT molecular complexity index is 421. The van der Waals surface area contributed by atoms with E-state index in [4.69, 9.17) is 32.7 Å². The van der Waals surface area contributed by atoms with E-state index in [-0.39, 0.29) is 0 Å². The molecule has 86 valence electrons. The molecule has 0 spiro atoms. The van der Waals surface area contributed by atoms with Gasteiger partial charge in [0, 0.05) is 0 Å². The average Bonchev–Trinajstić information content (AvgIpc) is 2.83. The minimum absolute atomic E-state index is 0.322. The third kappa shape index (κ3) is 3.41. The van der Waals surface area contributed by atoms with Crippen LogP contribution in [0.4, 0.5) is 0 Å². The van der Waals surface area contributed by atoms with Gasteiger partial charge in [0.2, 0.25) is 8.93 Å². The quantitative estimate of drug-likeness (QED) is 0.788. The van der Waals surface area contributed by atoms with E-state index in [1.807, 2.05) is 0 Å². The third-order valence-corrected chi connectivity index (χ3v) is 3.16. The molecule has 0 aromatic carbocycles. The molecule has 0 atom stereocenters. The first-order valence-corrected chi connectivity index (χ1v) is 6.36. The van der Waals surface area contributed by atoms with E-state index in [9.17, 15) is 0 Å². The molecule has 0 fully saturated rings. The van der Waals surface area contributed by atoms with Crippen LogP contribution < -0.4 is 9.47 Å². The predicted octanol–water partition coefficient (Wildman–Crippen LogP) is 2.15. The molecule has 2 rings (SSSR count). The molecule has 6 nitrogen and oxygen atoms in total. The summed E-state index contributed by atoms with van der Waals surface area (Å²) in [5.74, 6) is 0. The molecule has 16 heavy (non-hydrogen) atoms. The average molecular weight is 299 g/mol. The van der Waals surface area contributed by atoms with Crippen molar-refractivity contribution in [2.24, 2.45) is 0 Å². The summed E-state index contributed by atoms with van der Waals surface area (Å²) in [5.41, 5.74) is 0. The van der Waals surface area contributed by atoms with Crippen LogP contribution in [0, 0.1) is 0 Å². The van der Waals surface area contributed by atoms with Gasteiger partial charge in [0.25, 0.3) is 10.4 Å². The maximum absolute atomic E-state index is 5.57. The van der Waals surface area contributed by atoms with Crippen LogP contribution in [0.15, 0.2) is 0 Å². The molecule has 0 amide bonds. The van der Waals surface area contributed by atoms with Crippen molar-refractivity contribution in [2.45, 2.75) is 0 Å². The van der Waals surface area contributed by atoms with Gasteiger partial charge in [-0.05, 0) is 45.9 Å². The van der Waals surface area contributed by atoms with Gasteiger partial charge < -0.3 is 9.47 Å². The largest absolute Gasteiger partial charge is 0.465 e. The first-order chi connectivity index (χ1) is 7.74. The van der Waals surface area contributed by atoms with Crippen molar-refractivity contribution in [3.05, 3.63) is 8.93 Å². The molecular formula is C6H4Cl2N4O2S2. The standard InChI is InChI=1S/C6H4Cl2N4O2S2/c7-3-9-11-5(15-3)13-1-2-14-6-12-10-4(8)16-6/h1-2H2. The number of halogens is 2. The van der Waals surface area contributed by atoms with Gasteiger partial charge >= 0.3 is 0 Å². The van der Waals surface area contributed by atoms with Gasteiger partial charge in [-0.15, -0.1) is 10.2 Å². The molecule has 0 bridgehead atoms. The summed E-state index contributed by atoms with van der Waals surface area (Å²) >= 11 is 13.5. The molecular weight excluding hydrogens is 295 g/mol. The lowest BCUT2D eigenvalue weighted by atomic mass is 10.8. The Morgan fingerprint density at radius 3 is 1.56 bits per heavy atom. The second-order valence-corrected chi connectivity index (χ2v) is 5.38. The molecule has 0 unspecified atom stereocenters. The fourth-order valence-electron chi connectivity index (χ4n) is 0.761. The third-order valence-electron chi connectivity index (χ3n) is 1.30. The summed E-state index contributed by atoms with van der Waals surface area (Å²) in [6.45, 7) is 0.644. The number of ether oxygens (including phenoxy) is 2. The zero-order valence-electron chi connectivity index (χ0n) is 7.59. The van der Waals surface area contributed by atoms with Gasteiger partial charge in [-0.2, -0.15) is 0 Å². The predicted molar refractivity (Wildman–Crippen MR) is 60.8 cm³/mol. The normalized spacial score (nSPS) is 10.4. The van der Waals surface area contributed by atoms with Crippen molar-refractivity contribution in [3.8, 4) is 10.4 Å².